The van der Waals surface area contributed by atoms with Crippen molar-refractivity contribution in [3.63, 3.8) is 0 Å². The Balaban J connectivity index is 1.98. The summed E-state index contributed by atoms with van der Waals surface area (Å²) in [5, 5.41) is 0. The SMILES string of the molecule is CN(C)c1ccc(C(=O)NNC(=O)c2ccccc2F)cc1. The van der Waals surface area contributed by atoms with Crippen molar-refractivity contribution in [2.75, 3.05) is 19.0 Å². The van der Waals surface area contributed by atoms with Crippen LogP contribution in [0.3, 0.4) is 0 Å². The van der Waals surface area contributed by atoms with Gasteiger partial charge in [0.15, 0.2) is 0 Å². The van der Waals surface area contributed by atoms with E-state index in [2.05, 4.69) is 10.9 Å². The van der Waals surface area contributed by atoms with Gasteiger partial charge in [0, 0.05) is 25.3 Å². The van der Waals surface area contributed by atoms with Gasteiger partial charge in [-0.2, -0.15) is 0 Å². The molecule has 0 aliphatic rings. The first-order valence-electron chi connectivity index (χ1n) is 6.61. The zero-order valence-electron chi connectivity index (χ0n) is 12.3. The molecule has 5 nitrogen and oxygen atoms in total. The number of nitrogens with zero attached hydrogens (tertiary/aromatic N) is 1. The van der Waals surface area contributed by atoms with Crippen LogP contribution in [0.2, 0.25) is 0 Å². The van der Waals surface area contributed by atoms with E-state index < -0.39 is 17.6 Å². The van der Waals surface area contributed by atoms with E-state index in [9.17, 15) is 14.0 Å². The van der Waals surface area contributed by atoms with Crippen LogP contribution in [0.15, 0.2) is 48.5 Å². The Morgan fingerprint density at radius 1 is 0.909 bits per heavy atom. The number of rotatable bonds is 3. The Hall–Kier alpha value is -2.89. The summed E-state index contributed by atoms with van der Waals surface area (Å²) < 4.78 is 13.4. The first-order chi connectivity index (χ1) is 10.5. The molecule has 2 N–H and O–H groups in total. The number of carbonyl (C=O) groups is 2. The lowest BCUT2D eigenvalue weighted by molar-refractivity contribution is 0.0844. The summed E-state index contributed by atoms with van der Waals surface area (Å²) in [6, 6.07) is 12.4. The second kappa shape index (κ2) is 6.71. The maximum atomic E-state index is 13.4. The molecule has 0 radical (unpaired) electrons. The summed E-state index contributed by atoms with van der Waals surface area (Å²) in [5.41, 5.74) is 5.65. The summed E-state index contributed by atoms with van der Waals surface area (Å²) in [6.45, 7) is 0. The zero-order valence-corrected chi connectivity index (χ0v) is 12.3. The third-order valence-electron chi connectivity index (χ3n) is 3.05. The molecule has 0 fully saturated rings. The van der Waals surface area contributed by atoms with Gasteiger partial charge in [0.05, 0.1) is 5.56 Å². The number of anilines is 1. The summed E-state index contributed by atoms with van der Waals surface area (Å²) >= 11 is 0. The molecule has 22 heavy (non-hydrogen) atoms. The number of benzene rings is 2. The van der Waals surface area contributed by atoms with Gasteiger partial charge < -0.3 is 4.90 Å². The minimum Gasteiger partial charge on any atom is -0.378 e. The Bertz CT molecular complexity index is 684. The lowest BCUT2D eigenvalue weighted by Crippen LogP contribution is -2.41. The van der Waals surface area contributed by atoms with Crippen molar-refractivity contribution in [1.29, 1.82) is 0 Å². The van der Waals surface area contributed by atoms with Crippen LogP contribution in [-0.2, 0) is 0 Å². The van der Waals surface area contributed by atoms with Gasteiger partial charge in [-0.15, -0.1) is 0 Å². The van der Waals surface area contributed by atoms with Gasteiger partial charge in [-0.3, -0.25) is 20.4 Å². The maximum Gasteiger partial charge on any atom is 0.272 e. The van der Waals surface area contributed by atoms with Gasteiger partial charge in [0.25, 0.3) is 11.8 Å². The third kappa shape index (κ3) is 3.60. The molecule has 0 unspecified atom stereocenters. The standard InChI is InChI=1S/C16H16FN3O2/c1-20(2)12-9-7-11(8-10-12)15(21)18-19-16(22)13-5-3-4-6-14(13)17/h3-10H,1-2H3,(H,18,21)(H,19,22). The fraction of sp³-hybridized carbons (Fsp3) is 0.125. The van der Waals surface area contributed by atoms with Crippen molar-refractivity contribution in [3.05, 3.63) is 65.5 Å². The number of hydrogen-bond acceptors (Lipinski definition) is 3. The van der Waals surface area contributed by atoms with Crippen LogP contribution in [0, 0.1) is 5.82 Å². The van der Waals surface area contributed by atoms with E-state index in [1.807, 2.05) is 19.0 Å². The van der Waals surface area contributed by atoms with Crippen molar-refractivity contribution < 1.29 is 14.0 Å². The average Bonchev–Trinajstić information content (AvgIpc) is 2.52. The van der Waals surface area contributed by atoms with Crippen LogP contribution in [0.5, 0.6) is 0 Å². The average molecular weight is 301 g/mol. The summed E-state index contributed by atoms with van der Waals surface area (Å²) in [5.74, 6) is -1.84. The van der Waals surface area contributed by atoms with Crippen molar-refractivity contribution in [3.8, 4) is 0 Å². The lowest BCUT2D eigenvalue weighted by Gasteiger charge is -2.13. The maximum absolute atomic E-state index is 13.4. The number of amides is 2. The van der Waals surface area contributed by atoms with E-state index in [1.54, 1.807) is 30.3 Å². The van der Waals surface area contributed by atoms with E-state index in [0.717, 1.165) is 5.69 Å². The third-order valence-corrected chi connectivity index (χ3v) is 3.05. The number of hydrogen-bond donors (Lipinski definition) is 2. The van der Waals surface area contributed by atoms with E-state index in [1.165, 1.54) is 18.2 Å². The molecule has 0 atom stereocenters. The van der Waals surface area contributed by atoms with E-state index in [0.29, 0.717) is 5.56 Å². The summed E-state index contributed by atoms with van der Waals surface area (Å²) in [6.07, 6.45) is 0. The highest BCUT2D eigenvalue weighted by molar-refractivity contribution is 5.99. The molecule has 0 heterocycles. The van der Waals surface area contributed by atoms with Gasteiger partial charge in [-0.05, 0) is 36.4 Å². The highest BCUT2D eigenvalue weighted by Gasteiger charge is 2.12. The number of halogens is 1. The highest BCUT2D eigenvalue weighted by Crippen LogP contribution is 2.12. The molecule has 2 aromatic rings. The topological polar surface area (TPSA) is 61.4 Å². The Morgan fingerprint density at radius 2 is 1.50 bits per heavy atom. The molecule has 0 aliphatic carbocycles. The fourth-order valence-corrected chi connectivity index (χ4v) is 1.81. The first-order valence-corrected chi connectivity index (χ1v) is 6.61. The summed E-state index contributed by atoms with van der Waals surface area (Å²) in [7, 11) is 3.79. The molecule has 6 heteroatoms. The normalized spacial score (nSPS) is 9.95. The molecule has 0 bridgehead atoms. The van der Waals surface area contributed by atoms with Gasteiger partial charge >= 0.3 is 0 Å². The lowest BCUT2D eigenvalue weighted by atomic mass is 10.2. The second-order valence-electron chi connectivity index (χ2n) is 4.83. The van der Waals surface area contributed by atoms with E-state index in [4.69, 9.17) is 0 Å². The highest BCUT2D eigenvalue weighted by atomic mass is 19.1. The van der Waals surface area contributed by atoms with Crippen molar-refractivity contribution in [2.45, 2.75) is 0 Å². The Kier molecular flexibility index (Phi) is 4.73. The Morgan fingerprint density at radius 3 is 2.09 bits per heavy atom. The van der Waals surface area contributed by atoms with Crippen LogP contribution in [0.1, 0.15) is 20.7 Å². The number of hydrazine groups is 1. The minimum absolute atomic E-state index is 0.134. The fourth-order valence-electron chi connectivity index (χ4n) is 1.81. The predicted molar refractivity (Wildman–Crippen MR) is 82.1 cm³/mol. The monoisotopic (exact) mass is 301 g/mol. The summed E-state index contributed by atoms with van der Waals surface area (Å²) in [4.78, 5) is 25.6. The van der Waals surface area contributed by atoms with Crippen molar-refractivity contribution >= 4 is 17.5 Å². The van der Waals surface area contributed by atoms with Gasteiger partial charge in [-0.1, -0.05) is 12.1 Å². The molecule has 0 aromatic heterocycles. The van der Waals surface area contributed by atoms with Crippen LogP contribution < -0.4 is 15.8 Å². The first kappa shape index (κ1) is 15.5. The molecule has 0 saturated carbocycles. The van der Waals surface area contributed by atoms with Crippen LogP contribution in [0.25, 0.3) is 0 Å². The molecule has 2 aromatic carbocycles. The van der Waals surface area contributed by atoms with E-state index >= 15 is 0 Å². The van der Waals surface area contributed by atoms with Crippen LogP contribution in [-0.4, -0.2) is 25.9 Å². The largest absolute Gasteiger partial charge is 0.378 e. The Labute approximate surface area is 127 Å². The number of nitrogens with one attached hydrogen (secondary N) is 2. The molecular weight excluding hydrogens is 285 g/mol. The van der Waals surface area contributed by atoms with Gasteiger partial charge in [0.2, 0.25) is 0 Å². The van der Waals surface area contributed by atoms with Crippen molar-refractivity contribution in [2.24, 2.45) is 0 Å². The van der Waals surface area contributed by atoms with Crippen molar-refractivity contribution in [1.82, 2.24) is 10.9 Å². The van der Waals surface area contributed by atoms with E-state index in [-0.39, 0.29) is 5.56 Å². The molecule has 0 aliphatic heterocycles. The molecular formula is C16H16FN3O2. The molecule has 2 rings (SSSR count). The smallest absolute Gasteiger partial charge is 0.272 e. The minimum atomic E-state index is -0.712. The van der Waals surface area contributed by atoms with Crippen LogP contribution >= 0.6 is 0 Å². The van der Waals surface area contributed by atoms with Crippen LogP contribution in [0.4, 0.5) is 10.1 Å². The molecule has 114 valence electrons. The molecule has 0 spiro atoms. The molecule has 2 amide bonds. The zero-order chi connectivity index (χ0) is 16.1. The van der Waals surface area contributed by atoms with Gasteiger partial charge in [-0.25, -0.2) is 4.39 Å². The number of carbonyl (C=O) groups excluding carboxylic acids is 2. The molecule has 0 saturated heterocycles. The quantitative estimate of drug-likeness (QED) is 0.852. The predicted octanol–water partition coefficient (Wildman–Crippen LogP) is 1.97. The second-order valence-corrected chi connectivity index (χ2v) is 4.83. The van der Waals surface area contributed by atoms with Gasteiger partial charge in [0.1, 0.15) is 5.82 Å².